The first-order chi connectivity index (χ1) is 18.3. The van der Waals surface area contributed by atoms with Gasteiger partial charge >= 0.3 is 18.1 Å². The molecule has 0 spiro atoms. The molecule has 208 valence electrons. The van der Waals surface area contributed by atoms with Crippen LogP contribution in [0, 0.1) is 0 Å². The van der Waals surface area contributed by atoms with Crippen LogP contribution in [0.25, 0.3) is 0 Å². The molecule has 2 aromatic carbocycles. The van der Waals surface area contributed by atoms with E-state index in [9.17, 15) is 14.4 Å². The molecule has 0 aliphatic heterocycles. The van der Waals surface area contributed by atoms with E-state index in [0.717, 1.165) is 62.5 Å². The molecule has 38 heavy (non-hydrogen) atoms. The molecule has 9 heteroatoms. The molecule has 0 saturated heterocycles. The highest BCUT2D eigenvalue weighted by atomic mass is 17.2. The molecule has 0 aliphatic carbocycles. The normalized spacial score (nSPS) is 12.3. The minimum atomic E-state index is -1.26. The molecule has 0 aromatic heterocycles. The van der Waals surface area contributed by atoms with Crippen LogP contribution in [0.3, 0.4) is 0 Å². The Hall–Kier alpha value is -3.43. The molecule has 2 rings (SSSR count). The number of rotatable bonds is 16. The van der Waals surface area contributed by atoms with Crippen LogP contribution in [0.5, 0.6) is 0 Å². The molecule has 0 N–H and O–H groups in total. The van der Waals surface area contributed by atoms with Crippen molar-refractivity contribution in [1.29, 1.82) is 0 Å². The van der Waals surface area contributed by atoms with E-state index in [2.05, 4.69) is 13.8 Å². The van der Waals surface area contributed by atoms with E-state index in [1.165, 1.54) is 13.8 Å². The van der Waals surface area contributed by atoms with Gasteiger partial charge in [-0.2, -0.15) is 0 Å². The highest BCUT2D eigenvalue weighted by Gasteiger charge is 2.20. The number of ether oxygens (including phenoxy) is 2. The van der Waals surface area contributed by atoms with Gasteiger partial charge in [0.05, 0.1) is 11.1 Å². The van der Waals surface area contributed by atoms with Crippen LogP contribution < -0.4 is 0 Å². The number of unbranched alkanes of at least 4 members (excludes halogenated alkanes) is 4. The van der Waals surface area contributed by atoms with Crippen LogP contribution in [0.1, 0.15) is 98.1 Å². The average molecular weight is 531 g/mol. The van der Waals surface area contributed by atoms with Crippen LogP contribution in [0.2, 0.25) is 0 Å². The second kappa shape index (κ2) is 17.1. The molecule has 2 unspecified atom stereocenters. The molecule has 0 heterocycles. The minimum Gasteiger partial charge on any atom is -0.401 e. The zero-order valence-electron chi connectivity index (χ0n) is 22.6. The van der Waals surface area contributed by atoms with Crippen molar-refractivity contribution in [2.24, 2.45) is 0 Å². The highest BCUT2D eigenvalue weighted by Crippen LogP contribution is 2.12. The maximum atomic E-state index is 12.1. The zero-order chi connectivity index (χ0) is 27.8. The number of benzene rings is 2. The fourth-order valence-electron chi connectivity index (χ4n) is 3.43. The van der Waals surface area contributed by atoms with Crippen LogP contribution in [0.15, 0.2) is 48.5 Å². The first kappa shape index (κ1) is 30.8. The Morgan fingerprint density at radius 2 is 0.974 bits per heavy atom. The summed E-state index contributed by atoms with van der Waals surface area (Å²) in [6.07, 6.45) is 4.97. The summed E-state index contributed by atoms with van der Waals surface area (Å²) in [6.45, 7) is 6.96. The molecule has 2 atom stereocenters. The average Bonchev–Trinajstić information content (AvgIpc) is 2.91. The Balaban J connectivity index is 1.66. The fraction of sp³-hybridized carbons (Fsp3) is 0.483. The lowest BCUT2D eigenvalue weighted by molar-refractivity contribution is -0.340. The predicted octanol–water partition coefficient (Wildman–Crippen LogP) is 6.87. The van der Waals surface area contributed by atoms with Gasteiger partial charge in [-0.3, -0.25) is 9.78 Å². The summed E-state index contributed by atoms with van der Waals surface area (Å²) in [4.78, 5) is 55.3. The molecular weight excluding hydrogens is 492 g/mol. The van der Waals surface area contributed by atoms with Crippen LogP contribution in [-0.4, -0.2) is 30.7 Å². The van der Waals surface area contributed by atoms with E-state index < -0.39 is 30.7 Å². The van der Waals surface area contributed by atoms with Gasteiger partial charge < -0.3 is 9.47 Å². The summed E-state index contributed by atoms with van der Waals surface area (Å²) in [6, 6.07) is 14.0. The first-order valence-electron chi connectivity index (χ1n) is 13.1. The Bertz CT molecular complexity index is 907. The molecule has 0 amide bonds. The summed E-state index contributed by atoms with van der Waals surface area (Å²) in [5.74, 6) is -1.46. The van der Waals surface area contributed by atoms with Gasteiger partial charge in [-0.25, -0.2) is 14.4 Å². The quantitative estimate of drug-likeness (QED) is 0.0755. The number of hydrogen-bond donors (Lipinski definition) is 0. The lowest BCUT2D eigenvalue weighted by Crippen LogP contribution is -2.25. The summed E-state index contributed by atoms with van der Waals surface area (Å²) in [5.41, 5.74) is 2.86. The Morgan fingerprint density at radius 3 is 1.32 bits per heavy atom. The van der Waals surface area contributed by atoms with Crippen molar-refractivity contribution in [3.63, 3.8) is 0 Å². The SMILES string of the molecule is CCCCCc1ccc(C(=O)OOC(C)OC(=O)OC(C)OOC(=O)c2ccc(CCCCC)cc2)cc1. The van der Waals surface area contributed by atoms with Gasteiger partial charge in [0.15, 0.2) is 0 Å². The number of hydrogen-bond acceptors (Lipinski definition) is 9. The molecule has 0 saturated carbocycles. The molecule has 2 aromatic rings. The number of aryl methyl sites for hydroxylation is 2. The summed E-state index contributed by atoms with van der Waals surface area (Å²) >= 11 is 0. The van der Waals surface area contributed by atoms with Gasteiger partial charge in [-0.05, 0) is 61.1 Å². The maximum Gasteiger partial charge on any atom is 0.513 e. The van der Waals surface area contributed by atoms with Crippen molar-refractivity contribution in [1.82, 2.24) is 0 Å². The molecule has 9 nitrogen and oxygen atoms in total. The molecule has 0 bridgehead atoms. The van der Waals surface area contributed by atoms with Crippen LogP contribution in [0.4, 0.5) is 4.79 Å². The van der Waals surface area contributed by atoms with Crippen molar-refractivity contribution >= 4 is 18.1 Å². The lowest BCUT2D eigenvalue weighted by Gasteiger charge is -2.15. The van der Waals surface area contributed by atoms with Gasteiger partial charge in [-0.1, -0.05) is 63.8 Å². The smallest absolute Gasteiger partial charge is 0.401 e. The minimum absolute atomic E-state index is 0.300. The van der Waals surface area contributed by atoms with E-state index >= 15 is 0 Å². The standard InChI is InChI=1S/C29H38O9/c1-5-7-9-11-23-13-17-25(18-14-23)27(30)37-35-21(3)33-29(32)34-22(4)36-38-28(31)26-19-15-24(16-20-26)12-10-8-6-2/h13-22H,5-12H2,1-4H3. The van der Waals surface area contributed by atoms with Crippen molar-refractivity contribution in [2.75, 3.05) is 0 Å². The third kappa shape index (κ3) is 11.7. The monoisotopic (exact) mass is 530 g/mol. The predicted molar refractivity (Wildman–Crippen MR) is 139 cm³/mol. The fourth-order valence-corrected chi connectivity index (χ4v) is 3.43. The third-order valence-corrected chi connectivity index (χ3v) is 5.56. The van der Waals surface area contributed by atoms with E-state index in [1.54, 1.807) is 24.3 Å². The topological polar surface area (TPSA) is 107 Å². The van der Waals surface area contributed by atoms with E-state index in [4.69, 9.17) is 29.0 Å². The van der Waals surface area contributed by atoms with Gasteiger partial charge in [0.1, 0.15) is 0 Å². The Kier molecular flexibility index (Phi) is 13.9. The second-order valence-corrected chi connectivity index (χ2v) is 8.86. The molecular formula is C29H38O9. The largest absolute Gasteiger partial charge is 0.513 e. The summed E-state index contributed by atoms with van der Waals surface area (Å²) in [7, 11) is 0. The van der Waals surface area contributed by atoms with Gasteiger partial charge in [-0.15, -0.1) is 9.78 Å². The Labute approximate surface area is 224 Å². The third-order valence-electron chi connectivity index (χ3n) is 5.56. The van der Waals surface area contributed by atoms with E-state index in [0.29, 0.717) is 11.1 Å². The van der Waals surface area contributed by atoms with Gasteiger partial charge in [0.2, 0.25) is 12.6 Å². The van der Waals surface area contributed by atoms with Crippen molar-refractivity contribution in [3.8, 4) is 0 Å². The van der Waals surface area contributed by atoms with Crippen molar-refractivity contribution < 1.29 is 43.4 Å². The number of carbonyl (C=O) groups excluding carboxylic acids is 3. The summed E-state index contributed by atoms with van der Waals surface area (Å²) in [5, 5.41) is 0. The van der Waals surface area contributed by atoms with E-state index in [-0.39, 0.29) is 0 Å². The second-order valence-electron chi connectivity index (χ2n) is 8.86. The lowest BCUT2D eigenvalue weighted by atomic mass is 10.1. The molecule has 0 aliphatic rings. The first-order valence-corrected chi connectivity index (χ1v) is 13.1. The van der Waals surface area contributed by atoms with E-state index in [1.807, 2.05) is 24.3 Å². The van der Waals surface area contributed by atoms with Crippen LogP contribution in [-0.2, 0) is 41.9 Å². The van der Waals surface area contributed by atoms with Gasteiger partial charge in [0, 0.05) is 13.8 Å². The van der Waals surface area contributed by atoms with Crippen molar-refractivity contribution in [3.05, 3.63) is 70.8 Å². The van der Waals surface area contributed by atoms with Crippen LogP contribution >= 0.6 is 0 Å². The highest BCUT2D eigenvalue weighted by molar-refractivity contribution is 5.89. The van der Waals surface area contributed by atoms with Gasteiger partial charge in [0.25, 0.3) is 0 Å². The zero-order valence-corrected chi connectivity index (χ0v) is 22.6. The Morgan fingerprint density at radius 1 is 0.605 bits per heavy atom. The number of carbonyl (C=O) groups is 3. The molecule has 0 radical (unpaired) electrons. The summed E-state index contributed by atoms with van der Waals surface area (Å²) < 4.78 is 9.69. The maximum absolute atomic E-state index is 12.1. The molecule has 0 fully saturated rings. The van der Waals surface area contributed by atoms with Crippen molar-refractivity contribution in [2.45, 2.75) is 91.6 Å².